The summed E-state index contributed by atoms with van der Waals surface area (Å²) in [6.07, 6.45) is 1.38. The maximum atomic E-state index is 13.0. The Bertz CT molecular complexity index is 745. The van der Waals surface area contributed by atoms with Crippen LogP contribution in [0.15, 0.2) is 54.6 Å². The molecule has 0 aromatic heterocycles. The lowest BCUT2D eigenvalue weighted by Gasteiger charge is -2.14. The number of amides is 1. The standard InChI is InChI=1S/C20H20FNO3/c21-16-8-6-14(7-9-16)18(20(24)25)12-22-19(23)11-15-10-17(15)13-4-2-1-3-5-13/h1-9,15,17-18H,10-12H2,(H,22,23)(H,24,25)/t15-,17-,18?/m0/s1. The summed E-state index contributed by atoms with van der Waals surface area (Å²) in [5, 5.41) is 12.1. The molecular weight excluding hydrogens is 321 g/mol. The highest BCUT2D eigenvalue weighted by Gasteiger charge is 2.39. The van der Waals surface area contributed by atoms with Gasteiger partial charge in [0.15, 0.2) is 0 Å². The van der Waals surface area contributed by atoms with Crippen LogP contribution in [0.3, 0.4) is 0 Å². The van der Waals surface area contributed by atoms with E-state index in [9.17, 15) is 19.1 Å². The first-order valence-electron chi connectivity index (χ1n) is 8.34. The van der Waals surface area contributed by atoms with E-state index in [1.54, 1.807) is 0 Å². The summed E-state index contributed by atoms with van der Waals surface area (Å²) in [5.74, 6) is -1.75. The molecule has 3 atom stereocenters. The Hall–Kier alpha value is -2.69. The van der Waals surface area contributed by atoms with Crippen molar-refractivity contribution in [1.29, 1.82) is 0 Å². The molecule has 1 aliphatic rings. The van der Waals surface area contributed by atoms with Gasteiger partial charge in [0.05, 0.1) is 5.92 Å². The van der Waals surface area contributed by atoms with E-state index in [0.29, 0.717) is 23.8 Å². The third-order valence-electron chi connectivity index (χ3n) is 4.67. The van der Waals surface area contributed by atoms with Gasteiger partial charge < -0.3 is 10.4 Å². The average Bonchev–Trinajstić information content (AvgIpc) is 3.36. The molecule has 0 aliphatic heterocycles. The highest BCUT2D eigenvalue weighted by atomic mass is 19.1. The van der Waals surface area contributed by atoms with Crippen LogP contribution in [0, 0.1) is 11.7 Å². The lowest BCUT2D eigenvalue weighted by molar-refractivity contribution is -0.138. The Morgan fingerprint density at radius 2 is 1.80 bits per heavy atom. The zero-order valence-corrected chi connectivity index (χ0v) is 13.7. The zero-order valence-electron chi connectivity index (χ0n) is 13.7. The summed E-state index contributed by atoms with van der Waals surface area (Å²) in [6, 6.07) is 15.4. The quantitative estimate of drug-likeness (QED) is 0.812. The summed E-state index contributed by atoms with van der Waals surface area (Å²) in [6.45, 7) is 0.00250. The fourth-order valence-corrected chi connectivity index (χ4v) is 3.15. The first-order valence-corrected chi connectivity index (χ1v) is 8.34. The molecule has 1 amide bonds. The van der Waals surface area contributed by atoms with Crippen molar-refractivity contribution in [2.45, 2.75) is 24.7 Å². The van der Waals surface area contributed by atoms with Crippen LogP contribution in [0.4, 0.5) is 4.39 Å². The van der Waals surface area contributed by atoms with Crippen LogP contribution >= 0.6 is 0 Å². The molecule has 25 heavy (non-hydrogen) atoms. The number of nitrogens with one attached hydrogen (secondary N) is 1. The molecule has 2 aromatic carbocycles. The third-order valence-corrected chi connectivity index (χ3v) is 4.67. The number of hydrogen-bond donors (Lipinski definition) is 2. The molecule has 0 spiro atoms. The van der Waals surface area contributed by atoms with E-state index >= 15 is 0 Å². The van der Waals surface area contributed by atoms with Crippen LogP contribution < -0.4 is 5.32 Å². The van der Waals surface area contributed by atoms with Gasteiger partial charge in [-0.1, -0.05) is 42.5 Å². The number of rotatable bonds is 7. The van der Waals surface area contributed by atoms with Crippen LogP contribution in [-0.4, -0.2) is 23.5 Å². The van der Waals surface area contributed by atoms with Gasteiger partial charge in [0.25, 0.3) is 0 Å². The summed E-state index contributed by atoms with van der Waals surface area (Å²) in [5.41, 5.74) is 1.72. The molecule has 0 radical (unpaired) electrons. The molecule has 1 fully saturated rings. The van der Waals surface area contributed by atoms with Crippen molar-refractivity contribution >= 4 is 11.9 Å². The number of halogens is 1. The summed E-state index contributed by atoms with van der Waals surface area (Å²) >= 11 is 0. The number of carboxylic acids is 1. The molecule has 0 saturated heterocycles. The van der Waals surface area contributed by atoms with Crippen molar-refractivity contribution < 1.29 is 19.1 Å². The Kier molecular flexibility index (Phi) is 5.12. The molecule has 130 valence electrons. The number of carbonyl (C=O) groups excluding carboxylic acids is 1. The normalized spacial score (nSPS) is 19.9. The van der Waals surface area contributed by atoms with Crippen molar-refractivity contribution in [3.63, 3.8) is 0 Å². The number of carboxylic acid groups (broad SMARTS) is 1. The van der Waals surface area contributed by atoms with E-state index in [-0.39, 0.29) is 12.5 Å². The monoisotopic (exact) mass is 341 g/mol. The average molecular weight is 341 g/mol. The molecule has 1 aliphatic carbocycles. The van der Waals surface area contributed by atoms with E-state index in [1.165, 1.54) is 29.8 Å². The van der Waals surface area contributed by atoms with Crippen LogP contribution in [0.5, 0.6) is 0 Å². The van der Waals surface area contributed by atoms with Crippen LogP contribution in [0.1, 0.15) is 35.8 Å². The molecule has 5 heteroatoms. The molecule has 2 N–H and O–H groups in total. The maximum absolute atomic E-state index is 13.0. The van der Waals surface area contributed by atoms with E-state index < -0.39 is 17.7 Å². The maximum Gasteiger partial charge on any atom is 0.312 e. The van der Waals surface area contributed by atoms with Gasteiger partial charge in [-0.2, -0.15) is 0 Å². The fraction of sp³-hybridized carbons (Fsp3) is 0.300. The summed E-state index contributed by atoms with van der Waals surface area (Å²) < 4.78 is 13.0. The van der Waals surface area contributed by atoms with Crippen LogP contribution in [0.2, 0.25) is 0 Å². The van der Waals surface area contributed by atoms with Gasteiger partial charge in [-0.25, -0.2) is 4.39 Å². The SMILES string of the molecule is O=C(C[C@@H]1C[C@H]1c1ccccc1)NCC(C(=O)O)c1ccc(F)cc1. The van der Waals surface area contributed by atoms with Gasteiger partial charge in [-0.3, -0.25) is 9.59 Å². The molecule has 1 unspecified atom stereocenters. The molecule has 0 heterocycles. The van der Waals surface area contributed by atoms with Crippen molar-refractivity contribution in [1.82, 2.24) is 5.32 Å². The molecular formula is C20H20FNO3. The van der Waals surface area contributed by atoms with Gasteiger partial charge >= 0.3 is 5.97 Å². The van der Waals surface area contributed by atoms with Gasteiger partial charge in [0.2, 0.25) is 5.91 Å². The van der Waals surface area contributed by atoms with Crippen molar-refractivity contribution in [3.8, 4) is 0 Å². The van der Waals surface area contributed by atoms with Crippen LogP contribution in [0.25, 0.3) is 0 Å². The minimum absolute atomic E-state index is 0.00250. The third kappa shape index (κ3) is 4.44. The Balaban J connectivity index is 1.51. The largest absolute Gasteiger partial charge is 0.481 e. The van der Waals surface area contributed by atoms with E-state index in [0.717, 1.165) is 6.42 Å². The molecule has 2 aromatic rings. The number of benzene rings is 2. The summed E-state index contributed by atoms with van der Waals surface area (Å²) in [7, 11) is 0. The second-order valence-electron chi connectivity index (χ2n) is 6.46. The summed E-state index contributed by atoms with van der Waals surface area (Å²) in [4.78, 5) is 23.5. The predicted molar refractivity (Wildman–Crippen MR) is 91.7 cm³/mol. The Morgan fingerprint density at radius 1 is 1.12 bits per heavy atom. The van der Waals surface area contributed by atoms with Gasteiger partial charge in [0.1, 0.15) is 5.82 Å². The Labute approximate surface area is 145 Å². The Morgan fingerprint density at radius 3 is 2.44 bits per heavy atom. The minimum Gasteiger partial charge on any atom is -0.481 e. The zero-order chi connectivity index (χ0) is 17.8. The lowest BCUT2D eigenvalue weighted by Crippen LogP contribution is -2.31. The van der Waals surface area contributed by atoms with Gasteiger partial charge in [-0.05, 0) is 41.5 Å². The predicted octanol–water partition coefficient (Wildman–Crippen LogP) is 3.30. The second-order valence-corrected chi connectivity index (χ2v) is 6.46. The lowest BCUT2D eigenvalue weighted by atomic mass is 9.99. The number of hydrogen-bond acceptors (Lipinski definition) is 2. The first-order chi connectivity index (χ1) is 12.0. The second kappa shape index (κ2) is 7.47. The molecule has 3 rings (SSSR count). The van der Waals surface area contributed by atoms with E-state index in [4.69, 9.17) is 0 Å². The molecule has 4 nitrogen and oxygen atoms in total. The first kappa shape index (κ1) is 17.1. The van der Waals surface area contributed by atoms with Crippen molar-refractivity contribution in [2.24, 2.45) is 5.92 Å². The highest BCUT2D eigenvalue weighted by Crippen LogP contribution is 2.49. The van der Waals surface area contributed by atoms with Crippen LogP contribution in [-0.2, 0) is 9.59 Å². The van der Waals surface area contributed by atoms with Crippen molar-refractivity contribution in [3.05, 3.63) is 71.5 Å². The van der Waals surface area contributed by atoms with Gasteiger partial charge in [0, 0.05) is 13.0 Å². The topological polar surface area (TPSA) is 66.4 Å². The van der Waals surface area contributed by atoms with Gasteiger partial charge in [-0.15, -0.1) is 0 Å². The highest BCUT2D eigenvalue weighted by molar-refractivity contribution is 5.80. The molecule has 0 bridgehead atoms. The number of aliphatic carboxylic acids is 1. The number of carbonyl (C=O) groups is 2. The fourth-order valence-electron chi connectivity index (χ4n) is 3.15. The minimum atomic E-state index is -1.04. The molecule has 1 saturated carbocycles. The smallest absolute Gasteiger partial charge is 0.312 e. The van der Waals surface area contributed by atoms with E-state index in [2.05, 4.69) is 17.4 Å². The van der Waals surface area contributed by atoms with E-state index in [1.807, 2.05) is 18.2 Å². The van der Waals surface area contributed by atoms with Crippen molar-refractivity contribution in [2.75, 3.05) is 6.54 Å².